The van der Waals surface area contributed by atoms with E-state index in [-0.39, 0.29) is 4.90 Å². The summed E-state index contributed by atoms with van der Waals surface area (Å²) in [4.78, 5) is 0.154. The number of sulfonamides is 1. The molecule has 0 unspecified atom stereocenters. The van der Waals surface area contributed by atoms with Crippen LogP contribution in [-0.4, -0.2) is 18.2 Å². The van der Waals surface area contributed by atoms with Crippen molar-refractivity contribution in [1.82, 2.24) is 9.78 Å². The fraction of sp³-hybridized carbons (Fsp3) is 0.167. The van der Waals surface area contributed by atoms with Gasteiger partial charge >= 0.3 is 0 Å². The van der Waals surface area contributed by atoms with E-state index in [1.807, 2.05) is 31.2 Å². The quantitative estimate of drug-likeness (QED) is 0.604. The third-order valence-corrected chi connectivity index (χ3v) is 6.13. The van der Waals surface area contributed by atoms with Crippen LogP contribution in [0.1, 0.15) is 17.0 Å². The Morgan fingerprint density at radius 1 is 1.08 bits per heavy atom. The summed E-state index contributed by atoms with van der Waals surface area (Å²) in [6.45, 7) is 4.19. The Hall–Kier alpha value is -1.83. The molecule has 1 N–H and O–H groups in total. The van der Waals surface area contributed by atoms with Crippen molar-refractivity contribution in [2.45, 2.75) is 25.3 Å². The minimum absolute atomic E-state index is 0.154. The summed E-state index contributed by atoms with van der Waals surface area (Å²) in [6.07, 6.45) is 0. The molecule has 0 saturated heterocycles. The summed E-state index contributed by atoms with van der Waals surface area (Å²) in [6, 6.07) is 14.0. The molecule has 0 radical (unpaired) electrons. The molecule has 0 aliphatic carbocycles. The van der Waals surface area contributed by atoms with Gasteiger partial charge in [0, 0.05) is 9.50 Å². The average molecular weight is 455 g/mol. The SMILES string of the molecule is Cc1nn(Cc2ccc(Br)cc2)c(C)c1NS(=O)(=O)c1ccc(Cl)cc1. The minimum Gasteiger partial charge on any atom is -0.276 e. The van der Waals surface area contributed by atoms with Crippen LogP contribution in [-0.2, 0) is 16.6 Å². The molecular formula is C18H17BrClN3O2S. The number of hydrogen-bond acceptors (Lipinski definition) is 3. The maximum absolute atomic E-state index is 12.6. The molecule has 3 aromatic rings. The summed E-state index contributed by atoms with van der Waals surface area (Å²) in [5, 5.41) is 4.96. The fourth-order valence-corrected chi connectivity index (χ4v) is 4.14. The summed E-state index contributed by atoms with van der Waals surface area (Å²) in [5.74, 6) is 0. The first-order valence-corrected chi connectivity index (χ1v) is 10.5. The first-order chi connectivity index (χ1) is 12.3. The van der Waals surface area contributed by atoms with Crippen molar-refractivity contribution < 1.29 is 8.42 Å². The molecule has 3 rings (SSSR count). The van der Waals surface area contributed by atoms with E-state index in [2.05, 4.69) is 25.8 Å². The van der Waals surface area contributed by atoms with Crippen LogP contribution >= 0.6 is 27.5 Å². The lowest BCUT2D eigenvalue weighted by Crippen LogP contribution is -2.14. The highest BCUT2D eigenvalue weighted by Crippen LogP contribution is 2.25. The van der Waals surface area contributed by atoms with Crippen molar-refractivity contribution in [1.29, 1.82) is 0 Å². The first kappa shape index (κ1) is 18.9. The zero-order valence-electron chi connectivity index (χ0n) is 14.2. The van der Waals surface area contributed by atoms with Crippen molar-refractivity contribution in [3.63, 3.8) is 0 Å². The number of nitrogens with one attached hydrogen (secondary N) is 1. The van der Waals surface area contributed by atoms with E-state index in [9.17, 15) is 8.42 Å². The van der Waals surface area contributed by atoms with E-state index in [0.717, 1.165) is 15.7 Å². The molecule has 0 spiro atoms. The molecule has 26 heavy (non-hydrogen) atoms. The van der Waals surface area contributed by atoms with Crippen LogP contribution in [0.25, 0.3) is 0 Å². The molecule has 2 aromatic carbocycles. The van der Waals surface area contributed by atoms with E-state index in [0.29, 0.717) is 22.9 Å². The van der Waals surface area contributed by atoms with E-state index < -0.39 is 10.0 Å². The molecular weight excluding hydrogens is 438 g/mol. The number of aryl methyl sites for hydroxylation is 1. The van der Waals surface area contributed by atoms with E-state index in [1.54, 1.807) is 23.7 Å². The van der Waals surface area contributed by atoms with Gasteiger partial charge in [-0.3, -0.25) is 9.40 Å². The number of aromatic nitrogens is 2. The van der Waals surface area contributed by atoms with Crippen LogP contribution in [0.15, 0.2) is 57.9 Å². The van der Waals surface area contributed by atoms with E-state index in [1.165, 1.54) is 12.1 Å². The zero-order valence-corrected chi connectivity index (χ0v) is 17.4. The lowest BCUT2D eigenvalue weighted by molar-refractivity contribution is 0.601. The van der Waals surface area contributed by atoms with Crippen molar-refractivity contribution in [2.75, 3.05) is 4.72 Å². The van der Waals surface area contributed by atoms with Gasteiger partial charge in [0.15, 0.2) is 0 Å². The second-order valence-corrected chi connectivity index (χ2v) is 8.92. The Bertz CT molecular complexity index is 1030. The van der Waals surface area contributed by atoms with Crippen LogP contribution in [0.4, 0.5) is 5.69 Å². The Balaban J connectivity index is 1.88. The summed E-state index contributed by atoms with van der Waals surface area (Å²) in [7, 11) is -3.71. The predicted octanol–water partition coefficient (Wildman–Crippen LogP) is 4.76. The number of rotatable bonds is 5. The Labute approximate surface area is 166 Å². The molecule has 8 heteroatoms. The maximum atomic E-state index is 12.6. The minimum atomic E-state index is -3.71. The Morgan fingerprint density at radius 3 is 2.31 bits per heavy atom. The number of anilines is 1. The molecule has 0 fully saturated rings. The summed E-state index contributed by atoms with van der Waals surface area (Å²) in [5.41, 5.74) is 2.95. The van der Waals surface area contributed by atoms with Gasteiger partial charge in [-0.15, -0.1) is 0 Å². The molecule has 0 amide bonds. The van der Waals surface area contributed by atoms with Crippen molar-refractivity contribution in [3.05, 3.63) is 75.0 Å². The highest BCUT2D eigenvalue weighted by molar-refractivity contribution is 9.10. The number of nitrogens with zero attached hydrogens (tertiary/aromatic N) is 2. The molecule has 0 saturated carbocycles. The third-order valence-electron chi connectivity index (χ3n) is 3.99. The predicted molar refractivity (Wildman–Crippen MR) is 107 cm³/mol. The van der Waals surface area contributed by atoms with Gasteiger partial charge in [-0.25, -0.2) is 8.42 Å². The molecule has 0 bridgehead atoms. The van der Waals surface area contributed by atoms with Gasteiger partial charge in [-0.1, -0.05) is 39.7 Å². The van der Waals surface area contributed by atoms with Crippen molar-refractivity contribution in [3.8, 4) is 0 Å². The monoisotopic (exact) mass is 453 g/mol. The lowest BCUT2D eigenvalue weighted by Gasteiger charge is -2.09. The average Bonchev–Trinajstić information content (AvgIpc) is 2.84. The maximum Gasteiger partial charge on any atom is 0.262 e. The van der Waals surface area contributed by atoms with Gasteiger partial charge in [-0.05, 0) is 55.8 Å². The zero-order chi connectivity index (χ0) is 18.9. The largest absolute Gasteiger partial charge is 0.276 e. The molecule has 0 aliphatic heterocycles. The molecule has 1 aromatic heterocycles. The third kappa shape index (κ3) is 4.11. The van der Waals surface area contributed by atoms with Gasteiger partial charge in [0.05, 0.1) is 28.5 Å². The van der Waals surface area contributed by atoms with Crippen molar-refractivity contribution in [2.24, 2.45) is 0 Å². The molecule has 136 valence electrons. The lowest BCUT2D eigenvalue weighted by atomic mass is 10.2. The summed E-state index contributed by atoms with van der Waals surface area (Å²) >= 11 is 9.24. The van der Waals surface area contributed by atoms with Gasteiger partial charge in [0.25, 0.3) is 10.0 Å². The van der Waals surface area contributed by atoms with Crippen LogP contribution in [0.2, 0.25) is 5.02 Å². The van der Waals surface area contributed by atoms with Crippen LogP contribution < -0.4 is 4.72 Å². The number of hydrogen-bond donors (Lipinski definition) is 1. The standard InChI is InChI=1S/C18H17BrClN3O2S/c1-12-18(22-26(24,25)17-9-7-16(20)8-10-17)13(2)23(21-12)11-14-3-5-15(19)6-4-14/h3-10,22H,11H2,1-2H3. The van der Waals surface area contributed by atoms with Gasteiger partial charge in [0.1, 0.15) is 0 Å². The normalized spacial score (nSPS) is 11.5. The number of halogens is 2. The second kappa shape index (κ2) is 7.42. The Morgan fingerprint density at radius 2 is 1.69 bits per heavy atom. The smallest absolute Gasteiger partial charge is 0.262 e. The van der Waals surface area contributed by atoms with E-state index >= 15 is 0 Å². The van der Waals surface area contributed by atoms with Crippen molar-refractivity contribution >= 4 is 43.2 Å². The number of benzene rings is 2. The first-order valence-electron chi connectivity index (χ1n) is 7.83. The van der Waals surface area contributed by atoms with Gasteiger partial charge in [0.2, 0.25) is 0 Å². The highest BCUT2D eigenvalue weighted by atomic mass is 79.9. The van der Waals surface area contributed by atoms with Crippen LogP contribution in [0.5, 0.6) is 0 Å². The summed E-state index contributed by atoms with van der Waals surface area (Å²) < 4.78 is 30.7. The highest BCUT2D eigenvalue weighted by Gasteiger charge is 2.20. The molecule has 0 aliphatic rings. The fourth-order valence-electron chi connectivity index (χ4n) is 2.57. The van der Waals surface area contributed by atoms with Gasteiger partial charge in [-0.2, -0.15) is 5.10 Å². The molecule has 5 nitrogen and oxygen atoms in total. The molecule has 0 atom stereocenters. The molecule has 1 heterocycles. The van der Waals surface area contributed by atoms with Gasteiger partial charge < -0.3 is 0 Å². The van der Waals surface area contributed by atoms with E-state index in [4.69, 9.17) is 11.6 Å². The van der Waals surface area contributed by atoms with Crippen LogP contribution in [0.3, 0.4) is 0 Å². The Kier molecular flexibility index (Phi) is 5.41. The second-order valence-electron chi connectivity index (χ2n) is 5.89. The topological polar surface area (TPSA) is 64.0 Å². The van der Waals surface area contributed by atoms with Crippen LogP contribution in [0, 0.1) is 13.8 Å².